The second-order valence-electron chi connectivity index (χ2n) is 9.59. The van der Waals surface area contributed by atoms with Crippen molar-refractivity contribution in [1.82, 2.24) is 0 Å². The Kier molecular flexibility index (Phi) is 15.9. The van der Waals surface area contributed by atoms with Crippen molar-refractivity contribution in [3.8, 4) is 5.75 Å². The van der Waals surface area contributed by atoms with Crippen LogP contribution in [-0.2, 0) is 4.74 Å². The van der Waals surface area contributed by atoms with Gasteiger partial charge in [0.05, 0.1) is 17.9 Å². The second kappa shape index (κ2) is 19.0. The summed E-state index contributed by atoms with van der Waals surface area (Å²) in [6.07, 6.45) is 21.2. The average Bonchev–Trinajstić information content (AvgIpc) is 2.88. The minimum Gasteiger partial charge on any atom is -0.507 e. The summed E-state index contributed by atoms with van der Waals surface area (Å²) < 4.78 is 6.37. The summed E-state index contributed by atoms with van der Waals surface area (Å²) in [5.74, 6) is -0.385. The van der Waals surface area contributed by atoms with E-state index < -0.39 is 5.97 Å². The van der Waals surface area contributed by atoms with Crippen LogP contribution in [0.25, 0.3) is 0 Å². The van der Waals surface area contributed by atoms with Gasteiger partial charge in [-0.1, -0.05) is 113 Å². The van der Waals surface area contributed by atoms with Crippen LogP contribution >= 0.6 is 15.9 Å². The van der Waals surface area contributed by atoms with Crippen LogP contribution in [0.1, 0.15) is 119 Å². The van der Waals surface area contributed by atoms with E-state index in [9.17, 15) is 9.90 Å². The second-order valence-corrected chi connectivity index (χ2v) is 10.5. The van der Waals surface area contributed by atoms with Crippen molar-refractivity contribution in [2.45, 2.75) is 103 Å². The van der Waals surface area contributed by atoms with Gasteiger partial charge in [-0.2, -0.15) is 0 Å². The molecule has 0 heterocycles. The first-order valence-corrected chi connectivity index (χ1v) is 14.7. The first-order valence-electron chi connectivity index (χ1n) is 13.9. The van der Waals surface area contributed by atoms with E-state index in [0.717, 1.165) is 23.0 Å². The highest BCUT2D eigenvalue weighted by molar-refractivity contribution is 9.10. The van der Waals surface area contributed by atoms with Gasteiger partial charge in [0.25, 0.3) is 0 Å². The molecule has 0 aliphatic carbocycles. The molecule has 0 aliphatic rings. The molecule has 4 nitrogen and oxygen atoms in total. The Morgan fingerprint density at radius 2 is 1.33 bits per heavy atom. The van der Waals surface area contributed by atoms with E-state index in [1.54, 1.807) is 18.3 Å². The van der Waals surface area contributed by atoms with Crippen molar-refractivity contribution in [1.29, 1.82) is 0 Å². The summed E-state index contributed by atoms with van der Waals surface area (Å²) in [5, 5.41) is 10.3. The Hall–Kier alpha value is -2.14. The predicted octanol–water partition coefficient (Wildman–Crippen LogP) is 9.93. The number of nitrogens with zero attached hydrogens (tertiary/aromatic N) is 1. The summed E-state index contributed by atoms with van der Waals surface area (Å²) in [5.41, 5.74) is 1.69. The first kappa shape index (κ1) is 30.1. The summed E-state index contributed by atoms with van der Waals surface area (Å²) in [7, 11) is 0. The molecule has 0 saturated heterocycles. The Balaban J connectivity index is 1.50. The molecular weight excluding hydrogens is 514 g/mol. The number of aromatic hydroxyl groups is 1. The zero-order chi connectivity index (χ0) is 25.8. The van der Waals surface area contributed by atoms with Gasteiger partial charge in [-0.25, -0.2) is 4.79 Å². The van der Waals surface area contributed by atoms with Crippen molar-refractivity contribution in [3.63, 3.8) is 0 Å². The van der Waals surface area contributed by atoms with E-state index in [4.69, 9.17) is 4.74 Å². The van der Waals surface area contributed by atoms with Crippen molar-refractivity contribution in [2.75, 3.05) is 6.61 Å². The van der Waals surface area contributed by atoms with Gasteiger partial charge in [-0.3, -0.25) is 4.99 Å². The lowest BCUT2D eigenvalue weighted by Crippen LogP contribution is -2.06. The van der Waals surface area contributed by atoms with Gasteiger partial charge >= 0.3 is 5.97 Å². The molecule has 2 aromatic carbocycles. The fourth-order valence-electron chi connectivity index (χ4n) is 4.17. The van der Waals surface area contributed by atoms with Crippen LogP contribution in [0, 0.1) is 0 Å². The number of phenolic OH excluding ortho intramolecular Hbond substituents is 1. The van der Waals surface area contributed by atoms with Crippen LogP contribution in [0.15, 0.2) is 51.9 Å². The number of rotatable bonds is 19. The molecule has 1 N–H and O–H groups in total. The van der Waals surface area contributed by atoms with Gasteiger partial charge in [-0.05, 0) is 48.9 Å². The fraction of sp³-hybridized carbons (Fsp3) is 0.548. The molecule has 0 bridgehead atoms. The molecule has 0 saturated carbocycles. The maximum Gasteiger partial charge on any atom is 0.338 e. The number of hydrogen-bond acceptors (Lipinski definition) is 4. The number of aliphatic imine (C=N–C) groups is 1. The minimum absolute atomic E-state index is 0.0114. The van der Waals surface area contributed by atoms with Crippen molar-refractivity contribution in [2.24, 2.45) is 4.99 Å². The number of unbranched alkanes of at least 4 members (excludes halogenated alkanes) is 14. The summed E-state index contributed by atoms with van der Waals surface area (Å²) in [4.78, 5) is 16.7. The molecule has 0 aromatic heterocycles. The van der Waals surface area contributed by atoms with Crippen molar-refractivity contribution in [3.05, 3.63) is 58.1 Å². The Labute approximate surface area is 226 Å². The van der Waals surface area contributed by atoms with E-state index in [1.807, 2.05) is 24.3 Å². The van der Waals surface area contributed by atoms with E-state index in [1.165, 1.54) is 89.5 Å². The van der Waals surface area contributed by atoms with Crippen molar-refractivity contribution >= 4 is 33.8 Å². The van der Waals surface area contributed by atoms with Crippen LogP contribution in [0.4, 0.5) is 5.69 Å². The molecule has 0 amide bonds. The molecule has 5 heteroatoms. The van der Waals surface area contributed by atoms with Crippen molar-refractivity contribution < 1.29 is 14.6 Å². The minimum atomic E-state index is -0.396. The number of halogens is 1. The van der Waals surface area contributed by atoms with Gasteiger partial charge < -0.3 is 9.84 Å². The Morgan fingerprint density at radius 1 is 0.806 bits per heavy atom. The molecule has 0 atom stereocenters. The average molecular weight is 559 g/mol. The van der Waals surface area contributed by atoms with Crippen LogP contribution in [0.3, 0.4) is 0 Å². The molecule has 0 aliphatic heterocycles. The molecule has 0 unspecified atom stereocenters. The number of esters is 1. The smallest absolute Gasteiger partial charge is 0.338 e. The molecule has 0 radical (unpaired) electrons. The first-order chi connectivity index (χ1) is 17.6. The lowest BCUT2D eigenvalue weighted by atomic mass is 10.0. The van der Waals surface area contributed by atoms with Crippen LogP contribution in [0.5, 0.6) is 5.75 Å². The van der Waals surface area contributed by atoms with E-state index in [2.05, 4.69) is 27.8 Å². The quantitative estimate of drug-likeness (QED) is 0.106. The fourth-order valence-corrected chi connectivity index (χ4v) is 4.44. The third-order valence-corrected chi connectivity index (χ3v) is 6.96. The van der Waals surface area contributed by atoms with E-state index in [0.29, 0.717) is 17.7 Å². The summed E-state index contributed by atoms with van der Waals surface area (Å²) in [6, 6.07) is 12.4. The maximum atomic E-state index is 12.3. The molecule has 2 rings (SSSR count). The number of carbonyl (C=O) groups is 1. The van der Waals surface area contributed by atoms with Crippen LogP contribution in [-0.4, -0.2) is 23.9 Å². The Bertz CT molecular complexity index is 895. The molecule has 36 heavy (non-hydrogen) atoms. The zero-order valence-electron chi connectivity index (χ0n) is 22.0. The molecular formula is C31H44BrNO3. The molecule has 0 fully saturated rings. The number of benzene rings is 2. The summed E-state index contributed by atoms with van der Waals surface area (Å²) >= 11 is 3.39. The highest BCUT2D eigenvalue weighted by Crippen LogP contribution is 2.21. The van der Waals surface area contributed by atoms with Crippen LogP contribution in [0.2, 0.25) is 0 Å². The standard InChI is InChI=1S/C31H44BrNO3/c1-2-3-4-5-6-7-8-9-10-11-12-13-14-15-16-23-36-31(35)26-17-18-27(30(34)24-26)25-33-29-21-19-28(32)20-22-29/h17-22,24-25,34H,2-16,23H2,1H3. The maximum absolute atomic E-state index is 12.3. The Morgan fingerprint density at radius 3 is 1.86 bits per heavy atom. The highest BCUT2D eigenvalue weighted by Gasteiger charge is 2.10. The molecule has 0 spiro atoms. The molecule has 198 valence electrons. The number of hydrogen-bond donors (Lipinski definition) is 1. The van der Waals surface area contributed by atoms with Gasteiger partial charge in [0, 0.05) is 16.3 Å². The van der Waals surface area contributed by atoms with Crippen LogP contribution < -0.4 is 0 Å². The SMILES string of the molecule is CCCCCCCCCCCCCCCCCOC(=O)c1ccc(C=Nc2ccc(Br)cc2)c(O)c1. The summed E-state index contributed by atoms with van der Waals surface area (Å²) in [6.45, 7) is 2.69. The normalized spacial score (nSPS) is 11.3. The highest BCUT2D eigenvalue weighted by atomic mass is 79.9. The lowest BCUT2D eigenvalue weighted by molar-refractivity contribution is 0.0497. The van der Waals surface area contributed by atoms with E-state index >= 15 is 0 Å². The van der Waals surface area contributed by atoms with Gasteiger partial charge in [0.2, 0.25) is 0 Å². The number of phenols is 1. The lowest BCUT2D eigenvalue weighted by Gasteiger charge is -2.07. The number of ether oxygens (including phenoxy) is 1. The topological polar surface area (TPSA) is 58.9 Å². The monoisotopic (exact) mass is 557 g/mol. The zero-order valence-corrected chi connectivity index (χ0v) is 23.6. The van der Waals surface area contributed by atoms with Gasteiger partial charge in [0.1, 0.15) is 5.75 Å². The van der Waals surface area contributed by atoms with E-state index in [-0.39, 0.29) is 5.75 Å². The van der Waals surface area contributed by atoms with Gasteiger partial charge in [0.15, 0.2) is 0 Å². The third kappa shape index (κ3) is 13.2. The third-order valence-electron chi connectivity index (χ3n) is 6.43. The molecule has 2 aromatic rings. The largest absolute Gasteiger partial charge is 0.507 e. The van der Waals surface area contributed by atoms with Gasteiger partial charge in [-0.15, -0.1) is 0 Å². The number of carbonyl (C=O) groups excluding carboxylic acids is 1. The predicted molar refractivity (Wildman–Crippen MR) is 155 cm³/mol.